The standard InChI is InChI=1S/C25H26ClNO5S/c1-3-16-32-25-22(26)17-19(18-24(25)31-2)8-13-23(28)20-9-11-21(12-10-20)33(29,30)27-14-6-4-5-7-15-27/h1,8-13,17-18H,4-7,14-16H2,2H3/b13-8+. The molecule has 0 bridgehead atoms. The van der Waals surface area contributed by atoms with Crippen molar-refractivity contribution in [2.45, 2.75) is 30.6 Å². The van der Waals surface area contributed by atoms with Crippen LogP contribution < -0.4 is 9.47 Å². The van der Waals surface area contributed by atoms with E-state index in [9.17, 15) is 13.2 Å². The fraction of sp³-hybridized carbons (Fsp3) is 0.320. The number of rotatable bonds is 8. The average molecular weight is 488 g/mol. The average Bonchev–Trinajstić information content (AvgIpc) is 3.12. The van der Waals surface area contributed by atoms with Gasteiger partial charge in [0.2, 0.25) is 10.0 Å². The Morgan fingerprint density at radius 3 is 2.42 bits per heavy atom. The smallest absolute Gasteiger partial charge is 0.243 e. The number of nitrogens with zero attached hydrogens (tertiary/aromatic N) is 1. The normalized spacial score (nSPS) is 15.1. The van der Waals surface area contributed by atoms with E-state index in [0.29, 0.717) is 40.7 Å². The number of allylic oxidation sites excluding steroid dienone is 1. The molecule has 6 nitrogen and oxygen atoms in total. The number of carbonyl (C=O) groups is 1. The van der Waals surface area contributed by atoms with Crippen molar-refractivity contribution in [3.05, 3.63) is 58.6 Å². The van der Waals surface area contributed by atoms with Crippen LogP contribution in [0.4, 0.5) is 0 Å². The minimum absolute atomic E-state index is 0.0488. The van der Waals surface area contributed by atoms with E-state index in [2.05, 4.69) is 5.92 Å². The quantitative estimate of drug-likeness (QED) is 0.303. The van der Waals surface area contributed by atoms with Crippen LogP contribution in [0.1, 0.15) is 41.6 Å². The van der Waals surface area contributed by atoms with Gasteiger partial charge in [0.25, 0.3) is 0 Å². The number of terminal acetylenes is 1. The van der Waals surface area contributed by atoms with E-state index in [4.69, 9.17) is 27.5 Å². The number of carbonyl (C=O) groups excluding carboxylic acids is 1. The van der Waals surface area contributed by atoms with Gasteiger partial charge >= 0.3 is 0 Å². The van der Waals surface area contributed by atoms with Gasteiger partial charge in [-0.25, -0.2) is 8.42 Å². The number of ketones is 1. The molecule has 0 aromatic heterocycles. The van der Waals surface area contributed by atoms with Crippen LogP contribution in [0.5, 0.6) is 11.5 Å². The van der Waals surface area contributed by atoms with Gasteiger partial charge in [-0.2, -0.15) is 4.31 Å². The molecule has 174 valence electrons. The zero-order valence-electron chi connectivity index (χ0n) is 18.4. The summed E-state index contributed by atoms with van der Waals surface area (Å²) in [5, 5.41) is 0.305. The van der Waals surface area contributed by atoms with Crippen LogP contribution in [0.3, 0.4) is 0 Å². The van der Waals surface area contributed by atoms with Gasteiger partial charge in [0.15, 0.2) is 17.3 Å². The Hall–Kier alpha value is -2.79. The highest BCUT2D eigenvalue weighted by atomic mass is 35.5. The zero-order chi connectivity index (χ0) is 23.8. The molecular formula is C25H26ClNO5S. The Balaban J connectivity index is 1.74. The molecule has 1 heterocycles. The van der Waals surface area contributed by atoms with Crippen LogP contribution in [0.15, 0.2) is 47.4 Å². The van der Waals surface area contributed by atoms with E-state index in [1.807, 2.05) is 0 Å². The molecule has 2 aromatic carbocycles. The third kappa shape index (κ3) is 6.17. The monoisotopic (exact) mass is 487 g/mol. The van der Waals surface area contributed by atoms with Crippen molar-refractivity contribution in [3.8, 4) is 23.8 Å². The SMILES string of the molecule is C#CCOc1c(Cl)cc(/C=C/C(=O)c2ccc(S(=O)(=O)N3CCCCCC3)cc2)cc1OC. The van der Waals surface area contributed by atoms with Crippen molar-refractivity contribution in [1.29, 1.82) is 0 Å². The summed E-state index contributed by atoms with van der Waals surface area (Å²) in [7, 11) is -2.07. The van der Waals surface area contributed by atoms with Gasteiger partial charge in [0.05, 0.1) is 17.0 Å². The van der Waals surface area contributed by atoms with E-state index in [1.165, 1.54) is 41.8 Å². The minimum atomic E-state index is -3.56. The maximum Gasteiger partial charge on any atom is 0.243 e. The van der Waals surface area contributed by atoms with Gasteiger partial charge in [-0.1, -0.05) is 36.4 Å². The number of halogens is 1. The summed E-state index contributed by atoms with van der Waals surface area (Å²) in [6.07, 6.45) is 12.0. The first-order valence-electron chi connectivity index (χ1n) is 10.6. The molecule has 0 radical (unpaired) electrons. The third-order valence-electron chi connectivity index (χ3n) is 5.32. The lowest BCUT2D eigenvalue weighted by molar-refractivity contribution is 0.104. The summed E-state index contributed by atoms with van der Waals surface area (Å²) in [6.45, 7) is 1.11. The predicted molar refractivity (Wildman–Crippen MR) is 129 cm³/mol. The lowest BCUT2D eigenvalue weighted by Gasteiger charge is -2.19. The molecule has 3 rings (SSSR count). The number of methoxy groups -OCH3 is 1. The molecule has 0 atom stereocenters. The largest absolute Gasteiger partial charge is 0.493 e. The van der Waals surface area contributed by atoms with Gasteiger partial charge in [0, 0.05) is 18.7 Å². The minimum Gasteiger partial charge on any atom is -0.493 e. The molecule has 1 fully saturated rings. The topological polar surface area (TPSA) is 72.9 Å². The lowest BCUT2D eigenvalue weighted by Crippen LogP contribution is -2.31. The van der Waals surface area contributed by atoms with Gasteiger partial charge in [-0.05, 0) is 60.9 Å². The van der Waals surface area contributed by atoms with Gasteiger partial charge in [-0.3, -0.25) is 4.79 Å². The second kappa shape index (κ2) is 11.4. The number of ether oxygens (including phenoxy) is 2. The molecular weight excluding hydrogens is 462 g/mol. The molecule has 0 spiro atoms. The predicted octanol–water partition coefficient (Wildman–Crippen LogP) is 4.82. The van der Waals surface area contributed by atoms with Crippen LogP contribution in [0.2, 0.25) is 5.02 Å². The first kappa shape index (κ1) is 24.8. The molecule has 0 aliphatic carbocycles. The van der Waals surface area contributed by atoms with Crippen molar-refractivity contribution in [1.82, 2.24) is 4.31 Å². The first-order valence-corrected chi connectivity index (χ1v) is 12.4. The Kier molecular flexibility index (Phi) is 8.56. The molecule has 0 amide bonds. The highest BCUT2D eigenvalue weighted by Crippen LogP contribution is 2.36. The summed E-state index contributed by atoms with van der Waals surface area (Å²) in [5.41, 5.74) is 1.02. The number of hydrogen-bond acceptors (Lipinski definition) is 5. The second-order valence-corrected chi connectivity index (χ2v) is 9.91. The van der Waals surface area contributed by atoms with Gasteiger partial charge < -0.3 is 9.47 Å². The lowest BCUT2D eigenvalue weighted by atomic mass is 10.1. The van der Waals surface area contributed by atoms with Crippen molar-refractivity contribution in [2.24, 2.45) is 0 Å². The van der Waals surface area contributed by atoms with Crippen LogP contribution >= 0.6 is 11.6 Å². The number of benzene rings is 2. The van der Waals surface area contributed by atoms with E-state index in [1.54, 1.807) is 18.2 Å². The van der Waals surface area contributed by atoms with Crippen LogP contribution in [-0.4, -0.2) is 45.3 Å². The Bertz CT molecular complexity index is 1160. The number of sulfonamides is 1. The highest BCUT2D eigenvalue weighted by Gasteiger charge is 2.25. The van der Waals surface area contributed by atoms with Crippen LogP contribution in [0, 0.1) is 12.3 Å². The van der Waals surface area contributed by atoms with E-state index >= 15 is 0 Å². The summed E-state index contributed by atoms with van der Waals surface area (Å²) in [5.74, 6) is 2.83. The van der Waals surface area contributed by atoms with Crippen molar-refractivity contribution in [3.63, 3.8) is 0 Å². The van der Waals surface area contributed by atoms with Gasteiger partial charge in [-0.15, -0.1) is 6.42 Å². The van der Waals surface area contributed by atoms with Crippen molar-refractivity contribution < 1.29 is 22.7 Å². The molecule has 33 heavy (non-hydrogen) atoms. The van der Waals surface area contributed by atoms with Gasteiger partial charge in [0.1, 0.15) is 6.61 Å². The molecule has 8 heteroatoms. The second-order valence-electron chi connectivity index (χ2n) is 7.57. The molecule has 1 saturated heterocycles. The van der Waals surface area contributed by atoms with Crippen LogP contribution in [0.25, 0.3) is 6.08 Å². The molecule has 1 aliphatic rings. The summed E-state index contributed by atoms with van der Waals surface area (Å²) in [4.78, 5) is 12.8. The highest BCUT2D eigenvalue weighted by molar-refractivity contribution is 7.89. The molecule has 0 N–H and O–H groups in total. The molecule has 0 saturated carbocycles. The first-order chi connectivity index (χ1) is 15.9. The van der Waals surface area contributed by atoms with Crippen LogP contribution in [-0.2, 0) is 10.0 Å². The maximum atomic E-state index is 12.9. The number of hydrogen-bond donors (Lipinski definition) is 0. The van der Waals surface area contributed by atoms with Crippen molar-refractivity contribution in [2.75, 3.05) is 26.8 Å². The zero-order valence-corrected chi connectivity index (χ0v) is 20.0. The molecule has 1 aliphatic heterocycles. The van der Waals surface area contributed by atoms with E-state index < -0.39 is 10.0 Å². The van der Waals surface area contributed by atoms with E-state index in [0.717, 1.165) is 25.7 Å². The maximum absolute atomic E-state index is 12.9. The Labute approximate surface area is 200 Å². The van der Waals surface area contributed by atoms with Crippen molar-refractivity contribution >= 4 is 33.5 Å². The molecule has 2 aromatic rings. The Morgan fingerprint density at radius 2 is 1.82 bits per heavy atom. The molecule has 0 unspecified atom stereocenters. The Morgan fingerprint density at radius 1 is 1.15 bits per heavy atom. The summed E-state index contributed by atoms with van der Waals surface area (Å²) >= 11 is 6.26. The third-order valence-corrected chi connectivity index (χ3v) is 7.51. The summed E-state index contributed by atoms with van der Waals surface area (Å²) in [6, 6.07) is 9.34. The fourth-order valence-electron chi connectivity index (χ4n) is 3.58. The summed E-state index contributed by atoms with van der Waals surface area (Å²) < 4.78 is 38.0. The fourth-order valence-corrected chi connectivity index (χ4v) is 5.37. The van der Waals surface area contributed by atoms with E-state index in [-0.39, 0.29) is 17.3 Å².